The van der Waals surface area contributed by atoms with E-state index in [-0.39, 0.29) is 41.9 Å². The summed E-state index contributed by atoms with van der Waals surface area (Å²) in [6.07, 6.45) is 18.2. The molecule has 2 fully saturated rings. The van der Waals surface area contributed by atoms with Gasteiger partial charge in [-0.3, -0.25) is 4.98 Å². The molecule has 2 bridgehead atoms. The van der Waals surface area contributed by atoms with E-state index in [0.29, 0.717) is 36.3 Å². The van der Waals surface area contributed by atoms with Crippen LogP contribution < -0.4 is 46.1 Å². The normalized spacial score (nSPS) is 34.7. The van der Waals surface area contributed by atoms with Crippen LogP contribution in [0.1, 0.15) is 112 Å². The zero-order valence-electron chi connectivity index (χ0n) is 20.9. The summed E-state index contributed by atoms with van der Waals surface area (Å²) in [5, 5.41) is 16.1. The van der Waals surface area contributed by atoms with Gasteiger partial charge in [-0.2, -0.15) is 0 Å². The molecule has 0 unspecified atom stereocenters. The molecule has 5 nitrogen and oxygen atoms in total. The van der Waals surface area contributed by atoms with Gasteiger partial charge in [-0.1, -0.05) is 31.7 Å². The number of nitrogens with zero attached hydrogens (tertiary/aromatic N) is 1. The fourth-order valence-corrected chi connectivity index (χ4v) is 7.41. The van der Waals surface area contributed by atoms with Gasteiger partial charge in [-0.05, 0) is 75.3 Å². The van der Waals surface area contributed by atoms with Crippen molar-refractivity contribution in [2.45, 2.75) is 126 Å². The Balaban J connectivity index is 0.00000114. The van der Waals surface area contributed by atoms with Gasteiger partial charge in [0.05, 0.1) is 23.5 Å². The van der Waals surface area contributed by atoms with Gasteiger partial charge >= 0.3 is 17.1 Å². The number of halogens is 2. The molecular weight excluding hydrogens is 520 g/mol. The minimum Gasteiger partial charge on any atom is -1.00 e. The summed E-state index contributed by atoms with van der Waals surface area (Å²) < 4.78 is 0. The molecule has 1 aromatic heterocycles. The van der Waals surface area contributed by atoms with E-state index in [4.69, 9.17) is 4.98 Å². The van der Waals surface area contributed by atoms with Crippen LogP contribution >= 0.6 is 0 Å². The predicted octanol–water partition coefficient (Wildman–Crippen LogP) is -2.16. The topological polar surface area (TPSA) is 61.0 Å². The van der Waals surface area contributed by atoms with Gasteiger partial charge in [-0.25, -0.2) is 0 Å². The molecule has 35 heavy (non-hydrogen) atoms. The number of hydrogen-bond donors (Lipinski definition) is 4. The van der Waals surface area contributed by atoms with Crippen LogP contribution in [0, 0.1) is 0 Å². The van der Waals surface area contributed by atoms with Gasteiger partial charge in [0.25, 0.3) is 0 Å². The SMILES string of the molecule is [Cl-].[Cl-].[Mn+2].c1c2c3nc4c1CCC[C@@H]4N[C@@H]1CCCC[C@H]1NCCN[C@@H]1CCCC[C@H]1N[C@H]3CCC2. The fraction of sp³-hybridized carbons (Fsp3) is 0.815. The summed E-state index contributed by atoms with van der Waals surface area (Å²) in [5.74, 6) is 0. The molecular formula is C27H43Cl2MnN5. The van der Waals surface area contributed by atoms with Crippen LogP contribution in [0.4, 0.5) is 0 Å². The summed E-state index contributed by atoms with van der Waals surface area (Å²) in [7, 11) is 0. The van der Waals surface area contributed by atoms with Crippen LogP contribution in [0.3, 0.4) is 0 Å². The molecule has 1 aliphatic heterocycles. The molecule has 4 N–H and O–H groups in total. The van der Waals surface area contributed by atoms with Crippen molar-refractivity contribution < 1.29 is 41.9 Å². The molecule has 2 heterocycles. The van der Waals surface area contributed by atoms with Crippen LogP contribution in [0.25, 0.3) is 0 Å². The van der Waals surface area contributed by atoms with Crippen LogP contribution in [0.2, 0.25) is 0 Å². The third-order valence-corrected chi connectivity index (χ3v) is 9.09. The second-order valence-electron chi connectivity index (χ2n) is 11.2. The fourth-order valence-electron chi connectivity index (χ4n) is 7.41. The first-order valence-corrected chi connectivity index (χ1v) is 13.9. The Morgan fingerprint density at radius 2 is 1.00 bits per heavy atom. The minimum absolute atomic E-state index is 0. The number of fused-ring (bicyclic) bond motifs is 2. The number of aromatic nitrogens is 1. The zero-order chi connectivity index (χ0) is 21.3. The Hall–Kier alpha value is 0.0895. The van der Waals surface area contributed by atoms with E-state index < -0.39 is 0 Å². The van der Waals surface area contributed by atoms with Gasteiger partial charge in [0, 0.05) is 37.3 Å². The van der Waals surface area contributed by atoms with E-state index in [1.165, 1.54) is 112 Å². The second kappa shape index (κ2) is 13.8. The van der Waals surface area contributed by atoms with E-state index in [0.717, 1.165) is 13.1 Å². The Morgan fingerprint density at radius 1 is 0.571 bits per heavy atom. The molecule has 8 heteroatoms. The Labute approximate surface area is 235 Å². The molecule has 5 aliphatic rings. The third-order valence-electron chi connectivity index (χ3n) is 9.09. The molecule has 0 aromatic carbocycles. The van der Waals surface area contributed by atoms with Gasteiger partial charge in [-0.15, -0.1) is 0 Å². The number of pyridine rings is 1. The molecule has 4 aliphatic carbocycles. The van der Waals surface area contributed by atoms with Gasteiger partial charge in [0.15, 0.2) is 0 Å². The minimum atomic E-state index is 0. The maximum absolute atomic E-state index is 5.50. The van der Waals surface area contributed by atoms with E-state index >= 15 is 0 Å². The van der Waals surface area contributed by atoms with Crippen molar-refractivity contribution in [1.29, 1.82) is 0 Å². The van der Waals surface area contributed by atoms with Crippen molar-refractivity contribution in [3.8, 4) is 0 Å². The van der Waals surface area contributed by atoms with Gasteiger partial charge in [0.2, 0.25) is 0 Å². The van der Waals surface area contributed by atoms with E-state index in [1.807, 2.05) is 0 Å². The summed E-state index contributed by atoms with van der Waals surface area (Å²) in [6, 6.07) is 5.80. The molecule has 0 saturated heterocycles. The van der Waals surface area contributed by atoms with Crippen LogP contribution in [-0.4, -0.2) is 42.2 Å². The Bertz CT molecular complexity index is 751. The van der Waals surface area contributed by atoms with Gasteiger partial charge in [0.1, 0.15) is 0 Å². The summed E-state index contributed by atoms with van der Waals surface area (Å²) in [4.78, 5) is 5.50. The first kappa shape index (κ1) is 29.6. The van der Waals surface area contributed by atoms with Crippen molar-refractivity contribution in [2.75, 3.05) is 13.1 Å². The standard InChI is InChI=1S/C27H43N5.2ClH.Mn/c1-3-11-22-20(9-1)28-15-16-29-21-10-2-4-12-23(21)31-25-14-6-8-19-17-18-7-5-13-24(30-22)26(18)32-27(19)25;;;/h17,20-25,28-31H,1-16H2;2*1H;/q;;;+2/p-2/t20-,21-,22-,23-,24+,25+;;;/m1.../s1. The van der Waals surface area contributed by atoms with Crippen molar-refractivity contribution in [3.05, 3.63) is 28.6 Å². The molecule has 6 rings (SSSR count). The van der Waals surface area contributed by atoms with Gasteiger partial charge < -0.3 is 46.1 Å². The van der Waals surface area contributed by atoms with E-state index in [9.17, 15) is 0 Å². The van der Waals surface area contributed by atoms with Crippen molar-refractivity contribution in [2.24, 2.45) is 0 Å². The summed E-state index contributed by atoms with van der Waals surface area (Å²) in [6.45, 7) is 2.17. The molecule has 1 radical (unpaired) electrons. The van der Waals surface area contributed by atoms with E-state index in [2.05, 4.69) is 27.3 Å². The number of nitrogens with one attached hydrogen (secondary N) is 4. The number of aryl methyl sites for hydroxylation is 2. The van der Waals surface area contributed by atoms with Crippen molar-refractivity contribution in [1.82, 2.24) is 26.3 Å². The average molecular weight is 564 g/mol. The largest absolute Gasteiger partial charge is 2.00 e. The zero-order valence-corrected chi connectivity index (χ0v) is 23.6. The first-order chi connectivity index (χ1) is 15.8. The Kier molecular flexibility index (Phi) is 11.7. The van der Waals surface area contributed by atoms with Crippen LogP contribution in [0.5, 0.6) is 0 Å². The molecule has 2 saturated carbocycles. The van der Waals surface area contributed by atoms with E-state index in [1.54, 1.807) is 0 Å². The maximum Gasteiger partial charge on any atom is 2.00 e. The smallest absolute Gasteiger partial charge is 1.00 e. The number of rotatable bonds is 0. The second-order valence-corrected chi connectivity index (χ2v) is 11.2. The Morgan fingerprint density at radius 3 is 1.46 bits per heavy atom. The first-order valence-electron chi connectivity index (χ1n) is 13.9. The van der Waals surface area contributed by atoms with Crippen molar-refractivity contribution in [3.63, 3.8) is 0 Å². The maximum atomic E-state index is 5.50. The summed E-state index contributed by atoms with van der Waals surface area (Å²) >= 11 is 0. The third kappa shape index (κ3) is 6.57. The van der Waals surface area contributed by atoms with Crippen LogP contribution in [0.15, 0.2) is 6.07 Å². The summed E-state index contributed by atoms with van der Waals surface area (Å²) in [5.41, 5.74) is 5.85. The predicted molar refractivity (Wildman–Crippen MR) is 130 cm³/mol. The molecule has 0 spiro atoms. The molecule has 197 valence electrons. The molecule has 1 aromatic rings. The quantitative estimate of drug-likeness (QED) is 0.271. The van der Waals surface area contributed by atoms with Crippen molar-refractivity contribution >= 4 is 0 Å². The molecule has 0 amide bonds. The average Bonchev–Trinajstić information content (AvgIpc) is 2.83. The van der Waals surface area contributed by atoms with Crippen LogP contribution in [-0.2, 0) is 29.9 Å². The monoisotopic (exact) mass is 562 g/mol. The number of hydrogen-bond acceptors (Lipinski definition) is 5. The molecule has 6 atom stereocenters.